The summed E-state index contributed by atoms with van der Waals surface area (Å²) in [6.45, 7) is 1.57. The molecule has 1 N–H and O–H groups in total. The smallest absolute Gasteiger partial charge is 0.211 e. The number of nitrogens with one attached hydrogen (secondary N) is 1. The Morgan fingerprint density at radius 1 is 0.900 bits per heavy atom. The summed E-state index contributed by atoms with van der Waals surface area (Å²) in [7, 11) is -3.46. The lowest BCUT2D eigenvalue weighted by molar-refractivity contribution is -0.303. The molecule has 0 fully saturated rings. The molecule has 0 atom stereocenters. The summed E-state index contributed by atoms with van der Waals surface area (Å²) >= 11 is 0. The quantitative estimate of drug-likeness (QED) is 0.494. The predicted octanol–water partition coefficient (Wildman–Crippen LogP) is 1.58. The number of carbonyl (C=O) groups is 1. The summed E-state index contributed by atoms with van der Waals surface area (Å²) in [5.41, 5.74) is 0. The van der Waals surface area contributed by atoms with E-state index in [-0.39, 0.29) is 5.75 Å². The molecule has 0 amide bonds. The molecular weight excluding hydrogens is 278 g/mol. The average molecular weight is 306 g/mol. The molecule has 0 spiro atoms. The number of aliphatic carboxylic acids is 1. The summed E-state index contributed by atoms with van der Waals surface area (Å²) in [6.07, 6.45) is 11.3. The van der Waals surface area contributed by atoms with Gasteiger partial charge in [0.1, 0.15) is 0 Å². The molecule has 20 heavy (non-hydrogen) atoms. The molecule has 0 aromatic heterocycles. The first-order chi connectivity index (χ1) is 9.48. The van der Waals surface area contributed by atoms with Gasteiger partial charge in [0.25, 0.3) is 0 Å². The Kier molecular flexibility index (Phi) is 11.8. The number of unbranched alkanes of at least 4 members (excludes halogenated alkanes) is 9. The molecule has 120 valence electrons. The summed E-state index contributed by atoms with van der Waals surface area (Å²) in [6, 6.07) is 0. The topological polar surface area (TPSA) is 86.3 Å². The van der Waals surface area contributed by atoms with Crippen LogP contribution in [0.25, 0.3) is 0 Å². The van der Waals surface area contributed by atoms with Crippen LogP contribution < -0.4 is 9.83 Å². The summed E-state index contributed by atoms with van der Waals surface area (Å²) in [4.78, 5) is 10.2. The SMILES string of the molecule is CCCCCCCCCCCCS(=O)(=O)NCC(=O)[O-]. The van der Waals surface area contributed by atoms with Gasteiger partial charge in [-0.1, -0.05) is 64.7 Å². The van der Waals surface area contributed by atoms with Gasteiger partial charge in [0, 0.05) is 0 Å². The number of carboxylic acid groups (broad SMARTS) is 1. The van der Waals surface area contributed by atoms with E-state index in [2.05, 4.69) is 6.92 Å². The van der Waals surface area contributed by atoms with Crippen LogP contribution in [-0.4, -0.2) is 26.7 Å². The van der Waals surface area contributed by atoms with E-state index in [1.807, 2.05) is 4.72 Å². The largest absolute Gasteiger partial charge is 0.549 e. The van der Waals surface area contributed by atoms with Crippen molar-refractivity contribution in [2.45, 2.75) is 71.1 Å². The zero-order chi connectivity index (χ0) is 15.3. The Morgan fingerprint density at radius 3 is 1.80 bits per heavy atom. The second-order valence-corrected chi connectivity index (χ2v) is 7.12. The second-order valence-electron chi connectivity index (χ2n) is 5.19. The zero-order valence-electron chi connectivity index (χ0n) is 12.5. The minimum atomic E-state index is -3.46. The van der Waals surface area contributed by atoms with Crippen molar-refractivity contribution in [1.82, 2.24) is 4.72 Å². The van der Waals surface area contributed by atoms with Crippen LogP contribution in [0.5, 0.6) is 0 Å². The minimum Gasteiger partial charge on any atom is -0.549 e. The van der Waals surface area contributed by atoms with Crippen molar-refractivity contribution >= 4 is 16.0 Å². The van der Waals surface area contributed by atoms with Crippen molar-refractivity contribution in [2.75, 3.05) is 12.3 Å². The van der Waals surface area contributed by atoms with Crippen LogP contribution in [0.2, 0.25) is 0 Å². The molecule has 0 aliphatic heterocycles. The van der Waals surface area contributed by atoms with E-state index in [0.717, 1.165) is 19.3 Å². The maximum absolute atomic E-state index is 11.4. The van der Waals surface area contributed by atoms with Crippen LogP contribution in [0.3, 0.4) is 0 Å². The van der Waals surface area contributed by atoms with Crippen molar-refractivity contribution in [3.8, 4) is 0 Å². The maximum atomic E-state index is 11.4. The monoisotopic (exact) mass is 306 g/mol. The number of carbonyl (C=O) groups excluding carboxylic acids is 1. The summed E-state index contributed by atoms with van der Waals surface area (Å²) in [5.74, 6) is -1.41. The third-order valence-electron chi connectivity index (χ3n) is 3.20. The van der Waals surface area contributed by atoms with E-state index in [4.69, 9.17) is 0 Å². The maximum Gasteiger partial charge on any atom is 0.211 e. The van der Waals surface area contributed by atoms with Gasteiger partial charge in [-0.05, 0) is 6.42 Å². The molecular formula is C14H28NO4S-. The van der Waals surface area contributed by atoms with Crippen molar-refractivity contribution in [3.63, 3.8) is 0 Å². The van der Waals surface area contributed by atoms with Gasteiger partial charge < -0.3 is 9.90 Å². The van der Waals surface area contributed by atoms with E-state index in [9.17, 15) is 18.3 Å². The Balaban J connectivity index is 3.37. The zero-order valence-corrected chi connectivity index (χ0v) is 13.3. The third-order valence-corrected chi connectivity index (χ3v) is 4.61. The molecule has 0 saturated heterocycles. The highest BCUT2D eigenvalue weighted by molar-refractivity contribution is 7.89. The van der Waals surface area contributed by atoms with Crippen LogP contribution >= 0.6 is 0 Å². The minimum absolute atomic E-state index is 0.00319. The number of rotatable bonds is 14. The number of carboxylic acids is 1. The van der Waals surface area contributed by atoms with Gasteiger partial charge in [-0.2, -0.15) is 0 Å². The molecule has 0 bridgehead atoms. The predicted molar refractivity (Wildman–Crippen MR) is 78.6 cm³/mol. The van der Waals surface area contributed by atoms with E-state index in [0.29, 0.717) is 6.42 Å². The van der Waals surface area contributed by atoms with Crippen LogP contribution in [0.15, 0.2) is 0 Å². The van der Waals surface area contributed by atoms with Gasteiger partial charge in [-0.3, -0.25) is 0 Å². The van der Waals surface area contributed by atoms with Crippen LogP contribution in [-0.2, 0) is 14.8 Å². The van der Waals surface area contributed by atoms with Gasteiger partial charge in [0.2, 0.25) is 10.0 Å². The third kappa shape index (κ3) is 13.8. The van der Waals surface area contributed by atoms with Crippen molar-refractivity contribution in [3.05, 3.63) is 0 Å². The van der Waals surface area contributed by atoms with Crippen LogP contribution in [0, 0.1) is 0 Å². The van der Waals surface area contributed by atoms with E-state index >= 15 is 0 Å². The van der Waals surface area contributed by atoms with E-state index in [1.165, 1.54) is 38.5 Å². The number of hydrogen-bond donors (Lipinski definition) is 1. The molecule has 6 heteroatoms. The van der Waals surface area contributed by atoms with Crippen LogP contribution in [0.4, 0.5) is 0 Å². The fraction of sp³-hybridized carbons (Fsp3) is 0.929. The number of sulfonamides is 1. The van der Waals surface area contributed by atoms with Crippen molar-refractivity contribution < 1.29 is 18.3 Å². The fourth-order valence-electron chi connectivity index (χ4n) is 2.02. The van der Waals surface area contributed by atoms with Gasteiger partial charge in [0.05, 0.1) is 18.3 Å². The molecule has 0 aromatic rings. The van der Waals surface area contributed by atoms with Crippen molar-refractivity contribution in [2.24, 2.45) is 0 Å². The van der Waals surface area contributed by atoms with Crippen molar-refractivity contribution in [1.29, 1.82) is 0 Å². The molecule has 0 radical (unpaired) electrons. The second kappa shape index (κ2) is 12.1. The lowest BCUT2D eigenvalue weighted by Crippen LogP contribution is -2.38. The summed E-state index contributed by atoms with van der Waals surface area (Å²) < 4.78 is 24.7. The fourth-order valence-corrected chi connectivity index (χ4v) is 3.09. The molecule has 0 saturated carbocycles. The molecule has 0 aliphatic rings. The van der Waals surface area contributed by atoms with E-state index < -0.39 is 22.5 Å². The van der Waals surface area contributed by atoms with Crippen LogP contribution in [0.1, 0.15) is 71.1 Å². The molecule has 0 rings (SSSR count). The Morgan fingerprint density at radius 2 is 1.35 bits per heavy atom. The first-order valence-electron chi connectivity index (χ1n) is 7.65. The standard InChI is InChI=1S/C14H29NO4S/c1-2-3-4-5-6-7-8-9-10-11-12-20(18,19)15-13-14(16)17/h15H,2-13H2,1H3,(H,16,17)/p-1. The molecule has 0 aliphatic carbocycles. The molecule has 0 unspecified atom stereocenters. The Labute approximate surface area is 123 Å². The molecule has 5 nitrogen and oxygen atoms in total. The van der Waals surface area contributed by atoms with E-state index in [1.54, 1.807) is 0 Å². The normalized spacial score (nSPS) is 11.7. The summed E-state index contributed by atoms with van der Waals surface area (Å²) in [5, 5.41) is 10.2. The van der Waals surface area contributed by atoms with Gasteiger partial charge in [0.15, 0.2) is 0 Å². The molecule has 0 heterocycles. The van der Waals surface area contributed by atoms with Gasteiger partial charge in [-0.15, -0.1) is 0 Å². The average Bonchev–Trinajstić information content (AvgIpc) is 2.39. The lowest BCUT2D eigenvalue weighted by Gasteiger charge is -2.07. The highest BCUT2D eigenvalue weighted by atomic mass is 32.2. The lowest BCUT2D eigenvalue weighted by atomic mass is 10.1. The van der Waals surface area contributed by atoms with Gasteiger partial charge in [-0.25, -0.2) is 13.1 Å². The molecule has 0 aromatic carbocycles. The highest BCUT2D eigenvalue weighted by Crippen LogP contribution is 2.10. The Hall–Kier alpha value is -0.620. The first-order valence-corrected chi connectivity index (χ1v) is 9.30. The number of hydrogen-bond acceptors (Lipinski definition) is 4. The highest BCUT2D eigenvalue weighted by Gasteiger charge is 2.08. The Bertz CT molecular complexity index is 341. The first kappa shape index (κ1) is 19.4. The van der Waals surface area contributed by atoms with Gasteiger partial charge >= 0.3 is 0 Å².